The van der Waals surface area contributed by atoms with Crippen LogP contribution in [-0.2, 0) is 6.54 Å². The van der Waals surface area contributed by atoms with Crippen LogP contribution in [0, 0.1) is 5.82 Å². The maximum atomic E-state index is 12.9. The van der Waals surface area contributed by atoms with Crippen LogP contribution in [0.1, 0.15) is 32.3 Å². The fourth-order valence-corrected chi connectivity index (χ4v) is 2.26. The predicted octanol–water partition coefficient (Wildman–Crippen LogP) is 2.65. The fraction of sp³-hybridized carbons (Fsp3) is 0.438. The van der Waals surface area contributed by atoms with Gasteiger partial charge in [-0.3, -0.25) is 0 Å². The minimum Gasteiger partial charge on any atom is -0.394 e. The lowest BCUT2D eigenvalue weighted by Gasteiger charge is -2.30. The van der Waals surface area contributed by atoms with Gasteiger partial charge in [0.15, 0.2) is 0 Å². The van der Waals surface area contributed by atoms with Crippen LogP contribution < -0.4 is 5.32 Å². The molecule has 5 heteroatoms. The van der Waals surface area contributed by atoms with E-state index in [0.717, 1.165) is 24.1 Å². The summed E-state index contributed by atoms with van der Waals surface area (Å²) in [7, 11) is 0. The van der Waals surface area contributed by atoms with Gasteiger partial charge in [0.2, 0.25) is 0 Å². The van der Waals surface area contributed by atoms with Gasteiger partial charge in [0.1, 0.15) is 5.82 Å². The first kappa shape index (κ1) is 15.7. The highest BCUT2D eigenvalue weighted by atomic mass is 19.1. The van der Waals surface area contributed by atoms with Gasteiger partial charge >= 0.3 is 0 Å². The average molecular weight is 291 g/mol. The van der Waals surface area contributed by atoms with Crippen LogP contribution in [0.25, 0.3) is 5.69 Å². The van der Waals surface area contributed by atoms with Gasteiger partial charge in [-0.05, 0) is 37.1 Å². The molecule has 0 atom stereocenters. The summed E-state index contributed by atoms with van der Waals surface area (Å²) in [6, 6.07) is 6.21. The van der Waals surface area contributed by atoms with E-state index >= 15 is 0 Å². The number of nitrogens with one attached hydrogen (secondary N) is 1. The lowest BCUT2D eigenvalue weighted by molar-refractivity contribution is 0.149. The van der Waals surface area contributed by atoms with Gasteiger partial charge in [-0.15, -0.1) is 0 Å². The first-order valence-corrected chi connectivity index (χ1v) is 7.28. The molecule has 0 aliphatic carbocycles. The molecule has 1 aromatic carbocycles. The monoisotopic (exact) mass is 291 g/mol. The van der Waals surface area contributed by atoms with Gasteiger partial charge in [-0.25, -0.2) is 9.07 Å². The molecule has 2 aromatic rings. The lowest BCUT2D eigenvalue weighted by atomic mass is 9.94. The van der Waals surface area contributed by atoms with E-state index in [-0.39, 0.29) is 18.0 Å². The van der Waals surface area contributed by atoms with Crippen LogP contribution >= 0.6 is 0 Å². The predicted molar refractivity (Wildman–Crippen MR) is 80.8 cm³/mol. The molecule has 0 bridgehead atoms. The Balaban J connectivity index is 2.05. The molecule has 1 aromatic heterocycles. The minimum absolute atomic E-state index is 0.117. The second kappa shape index (κ2) is 6.83. The zero-order chi connectivity index (χ0) is 15.3. The van der Waals surface area contributed by atoms with E-state index in [1.807, 2.05) is 6.20 Å². The van der Waals surface area contributed by atoms with Crippen LogP contribution in [0.3, 0.4) is 0 Å². The van der Waals surface area contributed by atoms with Gasteiger partial charge in [0.05, 0.1) is 18.5 Å². The molecule has 0 unspecified atom stereocenters. The van der Waals surface area contributed by atoms with Crippen molar-refractivity contribution in [3.8, 4) is 5.69 Å². The van der Waals surface area contributed by atoms with Crippen LogP contribution in [0.15, 0.2) is 36.7 Å². The van der Waals surface area contributed by atoms with Gasteiger partial charge in [-0.2, -0.15) is 5.10 Å². The van der Waals surface area contributed by atoms with Crippen LogP contribution in [0.2, 0.25) is 0 Å². The number of halogens is 1. The Morgan fingerprint density at radius 3 is 2.48 bits per heavy atom. The highest BCUT2D eigenvalue weighted by Crippen LogP contribution is 2.16. The third-order valence-corrected chi connectivity index (χ3v) is 4.05. The Hall–Kier alpha value is -1.72. The highest BCUT2D eigenvalue weighted by molar-refractivity contribution is 5.31. The summed E-state index contributed by atoms with van der Waals surface area (Å²) in [6.45, 7) is 4.89. The summed E-state index contributed by atoms with van der Waals surface area (Å²) in [5, 5.41) is 17.2. The molecule has 0 aliphatic rings. The molecule has 0 amide bonds. The SMILES string of the molecule is CCC(CC)(CO)NCc1cnn(-c2ccc(F)cc2)c1. The number of aliphatic hydroxyl groups excluding tert-OH is 1. The number of hydrogen-bond acceptors (Lipinski definition) is 3. The van der Waals surface area contributed by atoms with E-state index in [1.54, 1.807) is 23.0 Å². The molecule has 2 N–H and O–H groups in total. The summed E-state index contributed by atoms with van der Waals surface area (Å²) in [5.41, 5.74) is 1.61. The number of aliphatic hydroxyl groups is 1. The summed E-state index contributed by atoms with van der Waals surface area (Å²) in [5.74, 6) is -0.258. The average Bonchev–Trinajstić information content (AvgIpc) is 2.99. The highest BCUT2D eigenvalue weighted by Gasteiger charge is 2.24. The number of rotatable bonds is 7. The summed E-state index contributed by atoms with van der Waals surface area (Å²) >= 11 is 0. The number of benzene rings is 1. The Morgan fingerprint density at radius 2 is 1.90 bits per heavy atom. The van der Waals surface area contributed by atoms with Gasteiger partial charge < -0.3 is 10.4 Å². The van der Waals surface area contributed by atoms with Crippen molar-refractivity contribution in [2.45, 2.75) is 38.8 Å². The van der Waals surface area contributed by atoms with Crippen molar-refractivity contribution in [3.05, 3.63) is 48.0 Å². The van der Waals surface area contributed by atoms with Crippen molar-refractivity contribution in [2.24, 2.45) is 0 Å². The quantitative estimate of drug-likeness (QED) is 0.824. The van der Waals surface area contributed by atoms with Crippen molar-refractivity contribution < 1.29 is 9.50 Å². The largest absolute Gasteiger partial charge is 0.394 e. The Bertz CT molecular complexity index is 553. The minimum atomic E-state index is -0.258. The third kappa shape index (κ3) is 3.68. The van der Waals surface area contributed by atoms with Crippen LogP contribution in [0.4, 0.5) is 4.39 Å². The molecule has 0 spiro atoms. The zero-order valence-electron chi connectivity index (χ0n) is 12.5. The molecule has 4 nitrogen and oxygen atoms in total. The van der Waals surface area contributed by atoms with Crippen LogP contribution in [-0.4, -0.2) is 27.0 Å². The molecule has 114 valence electrons. The Morgan fingerprint density at radius 1 is 1.24 bits per heavy atom. The maximum absolute atomic E-state index is 12.9. The normalized spacial score (nSPS) is 11.8. The van der Waals surface area contributed by atoms with Gasteiger partial charge in [0.25, 0.3) is 0 Å². The summed E-state index contributed by atoms with van der Waals surface area (Å²) in [4.78, 5) is 0. The summed E-state index contributed by atoms with van der Waals surface area (Å²) in [6.07, 6.45) is 5.43. The Kier molecular flexibility index (Phi) is 5.09. The molecule has 2 rings (SSSR count). The molecule has 0 aliphatic heterocycles. The van der Waals surface area contributed by atoms with Crippen molar-refractivity contribution in [1.29, 1.82) is 0 Å². The van der Waals surface area contributed by atoms with E-state index in [9.17, 15) is 9.50 Å². The number of hydrogen-bond donors (Lipinski definition) is 2. The van der Waals surface area contributed by atoms with Crippen molar-refractivity contribution in [3.63, 3.8) is 0 Å². The third-order valence-electron chi connectivity index (χ3n) is 4.05. The molecular formula is C16H22FN3O. The molecule has 21 heavy (non-hydrogen) atoms. The molecule has 0 saturated carbocycles. The van der Waals surface area contributed by atoms with Gasteiger partial charge in [0, 0.05) is 23.8 Å². The topological polar surface area (TPSA) is 50.1 Å². The van der Waals surface area contributed by atoms with E-state index < -0.39 is 0 Å². The molecular weight excluding hydrogens is 269 g/mol. The number of nitrogens with zero attached hydrogens (tertiary/aromatic N) is 2. The van der Waals surface area contributed by atoms with E-state index in [2.05, 4.69) is 24.3 Å². The molecule has 0 saturated heterocycles. The van der Waals surface area contributed by atoms with Crippen LogP contribution in [0.5, 0.6) is 0 Å². The smallest absolute Gasteiger partial charge is 0.123 e. The van der Waals surface area contributed by atoms with Crippen molar-refractivity contribution >= 4 is 0 Å². The Labute approximate surface area is 124 Å². The number of aromatic nitrogens is 2. The lowest BCUT2D eigenvalue weighted by Crippen LogP contribution is -2.46. The van der Waals surface area contributed by atoms with Crippen molar-refractivity contribution in [1.82, 2.24) is 15.1 Å². The van der Waals surface area contributed by atoms with E-state index in [0.29, 0.717) is 6.54 Å². The first-order valence-electron chi connectivity index (χ1n) is 7.28. The molecule has 0 radical (unpaired) electrons. The van der Waals surface area contributed by atoms with Crippen molar-refractivity contribution in [2.75, 3.05) is 6.61 Å². The zero-order valence-corrected chi connectivity index (χ0v) is 12.5. The van der Waals surface area contributed by atoms with E-state index in [1.165, 1.54) is 12.1 Å². The second-order valence-corrected chi connectivity index (χ2v) is 5.27. The second-order valence-electron chi connectivity index (χ2n) is 5.27. The standard InChI is InChI=1S/C16H22FN3O/c1-3-16(4-2,12-21)18-9-13-10-19-20(11-13)15-7-5-14(17)6-8-15/h5-8,10-11,18,21H,3-4,9,12H2,1-2H3. The van der Waals surface area contributed by atoms with E-state index in [4.69, 9.17) is 0 Å². The molecule has 0 fully saturated rings. The maximum Gasteiger partial charge on any atom is 0.123 e. The first-order chi connectivity index (χ1) is 10.1. The van der Waals surface area contributed by atoms with Gasteiger partial charge in [-0.1, -0.05) is 13.8 Å². The molecule has 1 heterocycles. The summed E-state index contributed by atoms with van der Waals surface area (Å²) < 4.78 is 14.6. The fourth-order valence-electron chi connectivity index (χ4n) is 2.26.